The van der Waals surface area contributed by atoms with Crippen LogP contribution < -0.4 is 0 Å². The summed E-state index contributed by atoms with van der Waals surface area (Å²) >= 11 is 5.83. The van der Waals surface area contributed by atoms with Gasteiger partial charge >= 0.3 is 5.97 Å². The number of hydrogen-bond donors (Lipinski definition) is 0. The lowest BCUT2D eigenvalue weighted by Crippen LogP contribution is -2.08. The summed E-state index contributed by atoms with van der Waals surface area (Å²) in [6.45, 7) is 0.285. The van der Waals surface area contributed by atoms with Crippen LogP contribution in [0.5, 0.6) is 0 Å². The summed E-state index contributed by atoms with van der Waals surface area (Å²) in [4.78, 5) is 12.0. The molecule has 0 radical (unpaired) electrons. The van der Waals surface area contributed by atoms with Crippen LogP contribution in [0, 0.1) is 0 Å². The van der Waals surface area contributed by atoms with E-state index in [1.54, 1.807) is 12.1 Å². The van der Waals surface area contributed by atoms with Gasteiger partial charge in [0.1, 0.15) is 6.61 Å². The van der Waals surface area contributed by atoms with Gasteiger partial charge in [-0.25, -0.2) is 0 Å². The number of halogens is 1. The third-order valence-corrected chi connectivity index (χ3v) is 3.78. The zero-order chi connectivity index (χ0) is 15.4. The number of esters is 1. The van der Waals surface area contributed by atoms with Crippen LogP contribution in [0.3, 0.4) is 0 Å². The lowest BCUT2D eigenvalue weighted by molar-refractivity contribution is -0.144. The zero-order valence-corrected chi connectivity index (χ0v) is 12.7. The molecule has 0 bridgehead atoms. The van der Waals surface area contributed by atoms with Gasteiger partial charge in [0, 0.05) is 5.02 Å². The number of benzene rings is 3. The van der Waals surface area contributed by atoms with Crippen LogP contribution in [-0.2, 0) is 22.6 Å². The zero-order valence-electron chi connectivity index (χ0n) is 12.0. The molecule has 3 aromatic rings. The minimum Gasteiger partial charge on any atom is -0.461 e. The monoisotopic (exact) mass is 310 g/mol. The SMILES string of the molecule is O=C(Cc1ccc(Cl)cc1)OCc1cccc2ccccc12. The highest BCUT2D eigenvalue weighted by Gasteiger charge is 2.07. The Morgan fingerprint density at radius 3 is 2.45 bits per heavy atom. The molecule has 0 amide bonds. The second-order valence-corrected chi connectivity index (χ2v) is 5.54. The fraction of sp³-hybridized carbons (Fsp3) is 0.105. The first-order chi connectivity index (χ1) is 10.7. The van der Waals surface area contributed by atoms with Gasteiger partial charge in [0.15, 0.2) is 0 Å². The summed E-state index contributed by atoms with van der Waals surface area (Å²) < 4.78 is 5.40. The van der Waals surface area contributed by atoms with E-state index in [4.69, 9.17) is 16.3 Å². The molecule has 2 nitrogen and oxygen atoms in total. The predicted molar refractivity (Wildman–Crippen MR) is 88.9 cm³/mol. The summed E-state index contributed by atoms with van der Waals surface area (Å²) in [7, 11) is 0. The third-order valence-electron chi connectivity index (χ3n) is 3.53. The highest BCUT2D eigenvalue weighted by molar-refractivity contribution is 6.30. The minimum absolute atomic E-state index is 0.241. The quantitative estimate of drug-likeness (QED) is 0.648. The molecule has 22 heavy (non-hydrogen) atoms. The molecule has 3 aromatic carbocycles. The van der Waals surface area contributed by atoms with E-state index in [0.717, 1.165) is 21.9 Å². The normalized spacial score (nSPS) is 10.6. The largest absolute Gasteiger partial charge is 0.461 e. The lowest BCUT2D eigenvalue weighted by atomic mass is 10.1. The molecule has 0 unspecified atom stereocenters. The Kier molecular flexibility index (Phi) is 4.40. The molecular weight excluding hydrogens is 296 g/mol. The Bertz CT molecular complexity index is 789. The third kappa shape index (κ3) is 3.46. The molecule has 0 heterocycles. The second kappa shape index (κ2) is 6.63. The Balaban J connectivity index is 1.66. The van der Waals surface area contributed by atoms with Crippen LogP contribution in [0.1, 0.15) is 11.1 Å². The van der Waals surface area contributed by atoms with Crippen LogP contribution in [0.15, 0.2) is 66.7 Å². The van der Waals surface area contributed by atoms with Gasteiger partial charge in [0.2, 0.25) is 0 Å². The van der Waals surface area contributed by atoms with Crippen LogP contribution >= 0.6 is 11.6 Å². The van der Waals surface area contributed by atoms with Crippen LogP contribution in [0.4, 0.5) is 0 Å². The number of carbonyl (C=O) groups is 1. The van der Waals surface area contributed by atoms with Crippen molar-refractivity contribution >= 4 is 28.3 Å². The van der Waals surface area contributed by atoms with Crippen molar-refractivity contribution < 1.29 is 9.53 Å². The Morgan fingerprint density at radius 2 is 1.64 bits per heavy atom. The van der Waals surface area contributed by atoms with Gasteiger partial charge in [0.25, 0.3) is 0 Å². The fourth-order valence-electron chi connectivity index (χ4n) is 2.40. The summed E-state index contributed by atoms with van der Waals surface area (Å²) in [6, 6.07) is 21.3. The van der Waals surface area contributed by atoms with Gasteiger partial charge < -0.3 is 4.74 Å². The molecule has 0 aliphatic rings. The first-order valence-electron chi connectivity index (χ1n) is 7.09. The van der Waals surface area contributed by atoms with Gasteiger partial charge in [-0.15, -0.1) is 0 Å². The topological polar surface area (TPSA) is 26.3 Å². The summed E-state index contributed by atoms with van der Waals surface area (Å²) in [5.41, 5.74) is 1.91. The van der Waals surface area contributed by atoms with E-state index in [-0.39, 0.29) is 19.0 Å². The first-order valence-corrected chi connectivity index (χ1v) is 7.47. The van der Waals surface area contributed by atoms with Crippen molar-refractivity contribution in [3.8, 4) is 0 Å². The van der Waals surface area contributed by atoms with E-state index in [2.05, 4.69) is 0 Å². The average Bonchev–Trinajstić information content (AvgIpc) is 2.55. The van der Waals surface area contributed by atoms with E-state index in [1.165, 1.54) is 0 Å². The Labute approximate surface area is 134 Å². The second-order valence-electron chi connectivity index (χ2n) is 5.10. The van der Waals surface area contributed by atoms with Gasteiger partial charge in [-0.3, -0.25) is 4.79 Å². The molecule has 3 rings (SSSR count). The fourth-order valence-corrected chi connectivity index (χ4v) is 2.52. The van der Waals surface area contributed by atoms with Crippen molar-refractivity contribution in [2.45, 2.75) is 13.0 Å². The van der Waals surface area contributed by atoms with Gasteiger partial charge in [-0.1, -0.05) is 66.2 Å². The smallest absolute Gasteiger partial charge is 0.310 e. The maximum atomic E-state index is 12.0. The summed E-state index contributed by atoms with van der Waals surface area (Å²) in [5, 5.41) is 2.92. The predicted octanol–water partition coefficient (Wildman–Crippen LogP) is 4.78. The van der Waals surface area contributed by atoms with E-state index < -0.39 is 0 Å². The maximum Gasteiger partial charge on any atom is 0.310 e. The number of hydrogen-bond acceptors (Lipinski definition) is 2. The van der Waals surface area contributed by atoms with Crippen molar-refractivity contribution in [2.24, 2.45) is 0 Å². The highest BCUT2D eigenvalue weighted by atomic mass is 35.5. The maximum absolute atomic E-state index is 12.0. The molecule has 0 aromatic heterocycles. The average molecular weight is 311 g/mol. The van der Waals surface area contributed by atoms with Gasteiger partial charge in [-0.05, 0) is 34.0 Å². The lowest BCUT2D eigenvalue weighted by Gasteiger charge is -2.08. The number of carbonyl (C=O) groups excluding carboxylic acids is 1. The van der Waals surface area contributed by atoms with Crippen molar-refractivity contribution in [1.29, 1.82) is 0 Å². The number of fused-ring (bicyclic) bond motifs is 1. The molecule has 0 saturated carbocycles. The molecule has 0 fully saturated rings. The molecule has 0 atom stereocenters. The molecule has 0 aliphatic heterocycles. The van der Waals surface area contributed by atoms with Crippen LogP contribution in [0.2, 0.25) is 5.02 Å². The summed E-state index contributed by atoms with van der Waals surface area (Å²) in [5.74, 6) is -0.241. The van der Waals surface area contributed by atoms with E-state index in [0.29, 0.717) is 5.02 Å². The summed E-state index contributed by atoms with van der Waals surface area (Å²) in [6.07, 6.45) is 0.252. The molecule has 0 N–H and O–H groups in total. The van der Waals surface area contributed by atoms with Crippen molar-refractivity contribution in [3.63, 3.8) is 0 Å². The van der Waals surface area contributed by atoms with Gasteiger partial charge in [0.05, 0.1) is 6.42 Å². The van der Waals surface area contributed by atoms with Crippen molar-refractivity contribution in [2.75, 3.05) is 0 Å². The number of ether oxygens (including phenoxy) is 1. The van der Waals surface area contributed by atoms with E-state index in [9.17, 15) is 4.79 Å². The Hall–Kier alpha value is -2.32. The van der Waals surface area contributed by atoms with Crippen molar-refractivity contribution in [3.05, 3.63) is 82.9 Å². The van der Waals surface area contributed by atoms with Crippen LogP contribution in [0.25, 0.3) is 10.8 Å². The van der Waals surface area contributed by atoms with Gasteiger partial charge in [-0.2, -0.15) is 0 Å². The first kappa shape index (κ1) is 14.6. The van der Waals surface area contributed by atoms with E-state index in [1.807, 2.05) is 54.6 Å². The van der Waals surface area contributed by atoms with Crippen molar-refractivity contribution in [1.82, 2.24) is 0 Å². The molecule has 0 aliphatic carbocycles. The molecule has 3 heteroatoms. The molecule has 0 spiro atoms. The van der Waals surface area contributed by atoms with Crippen LogP contribution in [-0.4, -0.2) is 5.97 Å². The highest BCUT2D eigenvalue weighted by Crippen LogP contribution is 2.19. The minimum atomic E-state index is -0.241. The Morgan fingerprint density at radius 1 is 0.909 bits per heavy atom. The molecule has 0 saturated heterocycles. The molecular formula is C19H15ClO2. The molecule has 110 valence electrons. The number of rotatable bonds is 4. The standard InChI is InChI=1S/C19H15ClO2/c20-17-10-8-14(9-11-17)12-19(21)22-13-16-6-3-5-15-4-1-2-7-18(15)16/h1-11H,12-13H2. The van der Waals surface area contributed by atoms with E-state index >= 15 is 0 Å².